The van der Waals surface area contributed by atoms with E-state index in [2.05, 4.69) is 13.8 Å². The van der Waals surface area contributed by atoms with E-state index in [1.807, 2.05) is 20.8 Å². The molecule has 0 aromatic heterocycles. The lowest BCUT2D eigenvalue weighted by Gasteiger charge is -2.12. The van der Waals surface area contributed by atoms with Gasteiger partial charge in [0.2, 0.25) is 0 Å². The molecular weight excluding hydrogens is 151 g/mol. The first-order chi connectivity index (χ1) is 5.61. The second kappa shape index (κ2) is 5.55. The molecule has 0 heterocycles. The Morgan fingerprint density at radius 3 is 1.83 bits per heavy atom. The Bertz CT molecular complexity index is 99.6. The highest BCUT2D eigenvalue weighted by molar-refractivity contribution is 4.82. The van der Waals surface area contributed by atoms with Crippen LogP contribution in [-0.4, -0.2) is 6.17 Å². The normalized spacial score (nSPS) is 34.8. The van der Waals surface area contributed by atoms with Crippen molar-refractivity contribution in [3.05, 3.63) is 0 Å². The second-order valence-corrected chi connectivity index (χ2v) is 3.97. The first kappa shape index (κ1) is 11.9. The van der Waals surface area contributed by atoms with Gasteiger partial charge in [-0.25, -0.2) is 4.39 Å². The van der Waals surface area contributed by atoms with E-state index in [1.54, 1.807) is 0 Å². The topological polar surface area (TPSA) is 0 Å². The molecule has 1 rings (SSSR count). The lowest BCUT2D eigenvalue weighted by atomic mass is 9.94. The number of halogens is 1. The minimum atomic E-state index is -0.521. The van der Waals surface area contributed by atoms with Gasteiger partial charge < -0.3 is 0 Å². The van der Waals surface area contributed by atoms with Crippen LogP contribution in [0.3, 0.4) is 0 Å². The van der Waals surface area contributed by atoms with E-state index >= 15 is 0 Å². The van der Waals surface area contributed by atoms with Gasteiger partial charge in [-0.15, -0.1) is 0 Å². The fraction of sp³-hybridized carbons (Fsp3) is 1.00. The molecule has 1 aliphatic carbocycles. The quantitative estimate of drug-likeness (QED) is 0.562. The third kappa shape index (κ3) is 3.12. The zero-order valence-corrected chi connectivity index (χ0v) is 9.10. The van der Waals surface area contributed by atoms with Crippen LogP contribution >= 0.6 is 0 Å². The highest BCUT2D eigenvalue weighted by Gasteiger charge is 2.32. The highest BCUT2D eigenvalue weighted by Crippen LogP contribution is 2.37. The van der Waals surface area contributed by atoms with Gasteiger partial charge in [0.15, 0.2) is 0 Å². The molecule has 12 heavy (non-hydrogen) atoms. The summed E-state index contributed by atoms with van der Waals surface area (Å²) in [7, 11) is 0. The monoisotopic (exact) mass is 174 g/mol. The third-order valence-electron chi connectivity index (χ3n) is 2.76. The molecule has 0 bridgehead atoms. The van der Waals surface area contributed by atoms with Crippen LogP contribution in [-0.2, 0) is 0 Å². The van der Waals surface area contributed by atoms with Crippen molar-refractivity contribution in [1.29, 1.82) is 0 Å². The Balaban J connectivity index is 0.000000561. The Labute approximate surface area is 76.6 Å². The van der Waals surface area contributed by atoms with Crippen molar-refractivity contribution in [3.63, 3.8) is 0 Å². The highest BCUT2D eigenvalue weighted by atomic mass is 19.1. The van der Waals surface area contributed by atoms with E-state index in [-0.39, 0.29) is 0 Å². The lowest BCUT2D eigenvalue weighted by Crippen LogP contribution is -2.03. The molecule has 74 valence electrons. The first-order valence-electron chi connectivity index (χ1n) is 5.25. The van der Waals surface area contributed by atoms with E-state index in [9.17, 15) is 4.39 Å². The number of alkyl halides is 1. The van der Waals surface area contributed by atoms with Crippen molar-refractivity contribution in [2.45, 2.75) is 53.6 Å². The molecule has 0 aliphatic heterocycles. The van der Waals surface area contributed by atoms with Gasteiger partial charge in [0.1, 0.15) is 6.17 Å². The van der Waals surface area contributed by atoms with Crippen molar-refractivity contribution in [3.8, 4) is 0 Å². The summed E-state index contributed by atoms with van der Waals surface area (Å²) in [5.74, 6) is 1.63. The Morgan fingerprint density at radius 1 is 1.17 bits per heavy atom. The first-order valence-corrected chi connectivity index (χ1v) is 5.25. The van der Waals surface area contributed by atoms with E-state index in [0.717, 1.165) is 12.8 Å². The van der Waals surface area contributed by atoms with Gasteiger partial charge in [-0.2, -0.15) is 0 Å². The number of hydrogen-bond donors (Lipinski definition) is 0. The zero-order chi connectivity index (χ0) is 9.72. The maximum atomic E-state index is 12.9. The molecule has 1 heteroatoms. The molecule has 1 saturated carbocycles. The predicted molar refractivity (Wildman–Crippen MR) is 53.0 cm³/mol. The van der Waals surface area contributed by atoms with Gasteiger partial charge in [0.05, 0.1) is 0 Å². The molecule has 0 spiro atoms. The molecule has 0 radical (unpaired) electrons. The molecule has 1 fully saturated rings. The molecule has 3 atom stereocenters. The van der Waals surface area contributed by atoms with Crippen molar-refractivity contribution in [2.24, 2.45) is 17.8 Å². The van der Waals surface area contributed by atoms with Crippen molar-refractivity contribution in [2.75, 3.05) is 0 Å². The van der Waals surface area contributed by atoms with Crippen molar-refractivity contribution in [1.82, 2.24) is 0 Å². The van der Waals surface area contributed by atoms with Crippen LogP contribution in [0.25, 0.3) is 0 Å². The van der Waals surface area contributed by atoms with Crippen LogP contribution in [0.15, 0.2) is 0 Å². The van der Waals surface area contributed by atoms with E-state index in [4.69, 9.17) is 0 Å². The van der Waals surface area contributed by atoms with E-state index in [0.29, 0.717) is 17.8 Å². The summed E-state index contributed by atoms with van der Waals surface area (Å²) in [5.41, 5.74) is 0. The molecular formula is C11H23F. The van der Waals surface area contributed by atoms with Crippen LogP contribution in [0, 0.1) is 17.8 Å². The Hall–Kier alpha value is -0.0700. The molecule has 0 aromatic rings. The average Bonchev–Trinajstić information content (AvgIpc) is 2.36. The van der Waals surface area contributed by atoms with Gasteiger partial charge in [-0.05, 0) is 30.6 Å². The van der Waals surface area contributed by atoms with Crippen LogP contribution in [0.4, 0.5) is 4.39 Å². The van der Waals surface area contributed by atoms with Gasteiger partial charge in [0.25, 0.3) is 0 Å². The summed E-state index contributed by atoms with van der Waals surface area (Å²) in [5, 5.41) is 0. The van der Waals surface area contributed by atoms with Crippen LogP contribution in [0.5, 0.6) is 0 Å². The fourth-order valence-corrected chi connectivity index (χ4v) is 1.79. The lowest BCUT2D eigenvalue weighted by molar-refractivity contribution is 0.272. The number of hydrogen-bond acceptors (Lipinski definition) is 0. The van der Waals surface area contributed by atoms with E-state index in [1.165, 1.54) is 0 Å². The van der Waals surface area contributed by atoms with Crippen molar-refractivity contribution >= 4 is 0 Å². The molecule has 0 amide bonds. The summed E-state index contributed by atoms with van der Waals surface area (Å²) in [6.45, 7) is 10.4. The van der Waals surface area contributed by atoms with Crippen molar-refractivity contribution < 1.29 is 4.39 Å². The summed E-state index contributed by atoms with van der Waals surface area (Å²) >= 11 is 0. The fourth-order valence-electron chi connectivity index (χ4n) is 1.79. The summed E-state index contributed by atoms with van der Waals surface area (Å²) in [6, 6.07) is 0. The predicted octanol–water partition coefficient (Wildman–Crippen LogP) is 4.05. The standard InChI is InChI=1S/C9H17F.C2H6/c1-6(2)8-4-7(3)9(10)5-8;1-2/h6-9H,4-5H2,1-3H3;1-2H3. The largest absolute Gasteiger partial charge is 0.247 e. The minimum absolute atomic E-state index is 0.312. The smallest absolute Gasteiger partial charge is 0.103 e. The summed E-state index contributed by atoms with van der Waals surface area (Å²) < 4.78 is 12.9. The molecule has 0 saturated heterocycles. The Morgan fingerprint density at radius 2 is 1.67 bits per heavy atom. The molecule has 0 nitrogen and oxygen atoms in total. The van der Waals surface area contributed by atoms with Gasteiger partial charge in [-0.1, -0.05) is 34.6 Å². The average molecular weight is 174 g/mol. The van der Waals surface area contributed by atoms with Gasteiger partial charge in [0, 0.05) is 0 Å². The summed E-state index contributed by atoms with van der Waals surface area (Å²) in [6.07, 6.45) is 1.38. The maximum absolute atomic E-state index is 12.9. The van der Waals surface area contributed by atoms with Crippen LogP contribution in [0.1, 0.15) is 47.5 Å². The molecule has 3 unspecified atom stereocenters. The SMILES string of the molecule is CC.CC(C)C1CC(C)C(F)C1. The van der Waals surface area contributed by atoms with Crippen LogP contribution in [0.2, 0.25) is 0 Å². The van der Waals surface area contributed by atoms with Gasteiger partial charge >= 0.3 is 0 Å². The maximum Gasteiger partial charge on any atom is 0.103 e. The Kier molecular flexibility index (Phi) is 5.52. The minimum Gasteiger partial charge on any atom is -0.247 e. The van der Waals surface area contributed by atoms with E-state index < -0.39 is 6.17 Å². The zero-order valence-electron chi connectivity index (χ0n) is 9.10. The molecule has 0 aromatic carbocycles. The van der Waals surface area contributed by atoms with Gasteiger partial charge in [-0.3, -0.25) is 0 Å². The number of rotatable bonds is 1. The molecule has 0 N–H and O–H groups in total. The van der Waals surface area contributed by atoms with Crippen LogP contribution < -0.4 is 0 Å². The molecule has 1 aliphatic rings. The second-order valence-electron chi connectivity index (χ2n) is 3.97. The third-order valence-corrected chi connectivity index (χ3v) is 2.76. The summed E-state index contributed by atoms with van der Waals surface area (Å²) in [4.78, 5) is 0.